The maximum absolute atomic E-state index is 14.0. The van der Waals surface area contributed by atoms with Gasteiger partial charge in [0.2, 0.25) is 0 Å². The zero-order valence-corrected chi connectivity index (χ0v) is 10.6. The van der Waals surface area contributed by atoms with Crippen molar-refractivity contribution in [3.63, 3.8) is 0 Å². The van der Waals surface area contributed by atoms with Crippen molar-refractivity contribution in [3.05, 3.63) is 23.3 Å². The molecule has 0 aromatic heterocycles. The molecule has 0 radical (unpaired) electrons. The number of hydrogen-bond donors (Lipinski definition) is 0. The van der Waals surface area contributed by atoms with E-state index in [9.17, 15) is 8.78 Å². The largest absolute Gasteiger partial charge is 0.497 e. The molecule has 0 aliphatic rings. The van der Waals surface area contributed by atoms with Crippen LogP contribution in [0.5, 0.6) is 11.5 Å². The van der Waals surface area contributed by atoms with Gasteiger partial charge in [0, 0.05) is 18.9 Å². The molecule has 98 valence electrons. The predicted octanol–water partition coefficient (Wildman–Crippen LogP) is 3.41. The monoisotopic (exact) mass is 255 g/mol. The van der Waals surface area contributed by atoms with E-state index < -0.39 is 12.3 Å². The van der Waals surface area contributed by atoms with Gasteiger partial charge in [-0.25, -0.2) is 8.78 Å². The molecule has 0 heterocycles. The molecule has 5 heteroatoms. The molecule has 0 unspecified atom stereocenters. The van der Waals surface area contributed by atoms with Crippen molar-refractivity contribution >= 4 is 0 Å². The highest BCUT2D eigenvalue weighted by Crippen LogP contribution is 2.42. The number of rotatable bonds is 5. The van der Waals surface area contributed by atoms with Crippen LogP contribution < -0.4 is 9.47 Å². The fourth-order valence-electron chi connectivity index (χ4n) is 1.81. The summed E-state index contributed by atoms with van der Waals surface area (Å²) in [5.41, 5.74) is 0.204. The highest BCUT2D eigenvalue weighted by Gasteiger charge is 2.36. The number of alkyl halides is 2. The molecule has 0 saturated carbocycles. The van der Waals surface area contributed by atoms with Crippen molar-refractivity contribution in [2.45, 2.75) is 25.7 Å². The summed E-state index contributed by atoms with van der Waals surface area (Å²) in [5.74, 6) is -2.55. The first kappa shape index (κ1) is 14.2. The summed E-state index contributed by atoms with van der Waals surface area (Å²) in [6, 6.07) is 4.67. The number of methoxy groups -OCH3 is 2. The summed E-state index contributed by atoms with van der Waals surface area (Å²) in [7, 11) is 2.79. The summed E-state index contributed by atoms with van der Waals surface area (Å²) < 4.78 is 38.0. The number of nitriles is 1. The molecule has 0 saturated heterocycles. The summed E-state index contributed by atoms with van der Waals surface area (Å²) >= 11 is 0. The van der Waals surface area contributed by atoms with Crippen molar-refractivity contribution < 1.29 is 18.3 Å². The first-order valence-electron chi connectivity index (χ1n) is 5.44. The fourth-order valence-corrected chi connectivity index (χ4v) is 1.81. The summed E-state index contributed by atoms with van der Waals surface area (Å²) in [6.45, 7) is 1.57. The minimum atomic E-state index is -3.09. The van der Waals surface area contributed by atoms with Gasteiger partial charge in [0.25, 0.3) is 5.92 Å². The zero-order valence-electron chi connectivity index (χ0n) is 10.6. The Balaban J connectivity index is 3.26. The molecule has 0 aliphatic heterocycles. The molecule has 0 spiro atoms. The molecule has 0 fully saturated rings. The van der Waals surface area contributed by atoms with E-state index in [0.717, 1.165) is 0 Å². The number of benzene rings is 1. The summed E-state index contributed by atoms with van der Waals surface area (Å²) in [5, 5.41) is 8.42. The van der Waals surface area contributed by atoms with Crippen LogP contribution in [-0.4, -0.2) is 14.2 Å². The van der Waals surface area contributed by atoms with Crippen LogP contribution in [0.3, 0.4) is 0 Å². The molecule has 1 aromatic rings. The molecule has 1 rings (SSSR count). The molecule has 0 aliphatic carbocycles. The first-order chi connectivity index (χ1) is 8.46. The third-order valence-corrected chi connectivity index (χ3v) is 2.65. The van der Waals surface area contributed by atoms with Crippen molar-refractivity contribution in [2.75, 3.05) is 14.2 Å². The lowest BCUT2D eigenvalue weighted by molar-refractivity contribution is -0.0146. The lowest BCUT2D eigenvalue weighted by Gasteiger charge is -2.21. The van der Waals surface area contributed by atoms with E-state index in [0.29, 0.717) is 11.3 Å². The number of halogens is 2. The van der Waals surface area contributed by atoms with E-state index in [1.54, 1.807) is 13.0 Å². The van der Waals surface area contributed by atoms with Crippen LogP contribution >= 0.6 is 0 Å². The molecule has 18 heavy (non-hydrogen) atoms. The third kappa shape index (κ3) is 2.89. The van der Waals surface area contributed by atoms with Gasteiger partial charge in [-0.05, 0) is 18.6 Å². The minimum Gasteiger partial charge on any atom is -0.497 e. The van der Waals surface area contributed by atoms with Gasteiger partial charge < -0.3 is 9.47 Å². The Kier molecular flexibility index (Phi) is 4.49. The lowest BCUT2D eigenvalue weighted by Crippen LogP contribution is -2.16. The highest BCUT2D eigenvalue weighted by molar-refractivity contribution is 5.48. The molecule has 3 nitrogen and oxygen atoms in total. The second-order valence-electron chi connectivity index (χ2n) is 3.88. The third-order valence-electron chi connectivity index (χ3n) is 2.65. The van der Waals surface area contributed by atoms with Gasteiger partial charge in [-0.2, -0.15) is 5.26 Å². The fraction of sp³-hybridized carbons (Fsp3) is 0.462. The summed E-state index contributed by atoms with van der Waals surface area (Å²) in [4.78, 5) is 0. The molecule has 0 amide bonds. The van der Waals surface area contributed by atoms with E-state index in [4.69, 9.17) is 14.7 Å². The van der Waals surface area contributed by atoms with Crippen LogP contribution in [0.2, 0.25) is 0 Å². The maximum Gasteiger partial charge on any atom is 0.278 e. The number of aryl methyl sites for hydroxylation is 1. The smallest absolute Gasteiger partial charge is 0.278 e. The van der Waals surface area contributed by atoms with Gasteiger partial charge in [0.15, 0.2) is 0 Å². The quantitative estimate of drug-likeness (QED) is 0.809. The van der Waals surface area contributed by atoms with Gasteiger partial charge in [-0.3, -0.25) is 0 Å². The van der Waals surface area contributed by atoms with Crippen LogP contribution in [0.4, 0.5) is 8.78 Å². The van der Waals surface area contributed by atoms with E-state index >= 15 is 0 Å². The number of nitrogens with zero attached hydrogens (tertiary/aromatic N) is 1. The van der Waals surface area contributed by atoms with Gasteiger partial charge in [-0.15, -0.1) is 0 Å². The second kappa shape index (κ2) is 5.67. The second-order valence-corrected chi connectivity index (χ2v) is 3.88. The summed E-state index contributed by atoms with van der Waals surface area (Å²) in [6.07, 6.45) is -0.728. The standard InChI is InChI=1S/C13H15F2NO2/c1-9-7-10(17-2)8-11(18-3)12(9)13(14,15)5-4-6-16/h7-8H,4-5H2,1-3H3. The molecule has 0 N–H and O–H groups in total. The normalized spacial score (nSPS) is 10.9. The van der Waals surface area contributed by atoms with Gasteiger partial charge in [0.1, 0.15) is 11.5 Å². The van der Waals surface area contributed by atoms with Crippen LogP contribution in [-0.2, 0) is 5.92 Å². The van der Waals surface area contributed by atoms with Crippen LogP contribution in [0.25, 0.3) is 0 Å². The SMILES string of the molecule is COc1cc(C)c(C(F)(F)CCC#N)c(OC)c1. The van der Waals surface area contributed by atoms with E-state index in [1.165, 1.54) is 26.4 Å². The Morgan fingerprint density at radius 1 is 1.28 bits per heavy atom. The Morgan fingerprint density at radius 2 is 1.94 bits per heavy atom. The van der Waals surface area contributed by atoms with Gasteiger partial charge >= 0.3 is 0 Å². The molecule has 0 atom stereocenters. The molecule has 0 bridgehead atoms. The van der Waals surface area contributed by atoms with E-state index in [1.807, 2.05) is 0 Å². The van der Waals surface area contributed by atoms with Crippen molar-refractivity contribution in [1.82, 2.24) is 0 Å². The van der Waals surface area contributed by atoms with Crippen LogP contribution in [0, 0.1) is 18.3 Å². The first-order valence-corrected chi connectivity index (χ1v) is 5.44. The van der Waals surface area contributed by atoms with Crippen LogP contribution in [0.15, 0.2) is 12.1 Å². The Bertz CT molecular complexity index is 467. The topological polar surface area (TPSA) is 42.2 Å². The van der Waals surface area contributed by atoms with Crippen molar-refractivity contribution in [2.24, 2.45) is 0 Å². The zero-order chi connectivity index (χ0) is 13.8. The van der Waals surface area contributed by atoms with Crippen molar-refractivity contribution in [1.29, 1.82) is 5.26 Å². The van der Waals surface area contributed by atoms with Gasteiger partial charge in [-0.1, -0.05) is 0 Å². The average Bonchev–Trinajstić information content (AvgIpc) is 2.34. The molecular weight excluding hydrogens is 240 g/mol. The highest BCUT2D eigenvalue weighted by atomic mass is 19.3. The van der Waals surface area contributed by atoms with Crippen molar-refractivity contribution in [3.8, 4) is 17.6 Å². The van der Waals surface area contributed by atoms with Gasteiger partial charge in [0.05, 0.1) is 25.9 Å². The lowest BCUT2D eigenvalue weighted by atomic mass is 9.97. The van der Waals surface area contributed by atoms with E-state index in [2.05, 4.69) is 0 Å². The predicted molar refractivity (Wildman–Crippen MR) is 63.0 cm³/mol. The minimum absolute atomic E-state index is 0.0785. The van der Waals surface area contributed by atoms with E-state index in [-0.39, 0.29) is 17.7 Å². The number of ether oxygens (including phenoxy) is 2. The average molecular weight is 255 g/mol. The Labute approximate surface area is 105 Å². The molecular formula is C13H15F2NO2. The Morgan fingerprint density at radius 3 is 2.44 bits per heavy atom. The Hall–Kier alpha value is -1.83. The number of hydrogen-bond acceptors (Lipinski definition) is 3. The maximum atomic E-state index is 14.0. The molecule has 1 aromatic carbocycles. The van der Waals surface area contributed by atoms with Crippen LogP contribution in [0.1, 0.15) is 24.0 Å².